The van der Waals surface area contributed by atoms with Gasteiger partial charge in [-0.25, -0.2) is 10.1 Å². The molecule has 1 aromatic rings. The first-order valence-corrected chi connectivity index (χ1v) is 11.5. The van der Waals surface area contributed by atoms with E-state index in [1.807, 2.05) is 19.1 Å². The highest BCUT2D eigenvalue weighted by Crippen LogP contribution is 2.57. The zero-order valence-corrected chi connectivity index (χ0v) is 16.7. The van der Waals surface area contributed by atoms with Crippen molar-refractivity contribution >= 4 is 41.7 Å². The van der Waals surface area contributed by atoms with E-state index in [-0.39, 0.29) is 6.42 Å². The van der Waals surface area contributed by atoms with Crippen LogP contribution in [0, 0.1) is 17.2 Å². The van der Waals surface area contributed by atoms with Crippen molar-refractivity contribution in [2.75, 3.05) is 18.8 Å². The molecule has 1 rings (SSSR count). The number of para-hydroxylation sites is 1. The van der Waals surface area contributed by atoms with E-state index in [0.29, 0.717) is 29.7 Å². The number of rotatable bonds is 10. The lowest BCUT2D eigenvalue weighted by molar-refractivity contribution is 0.526. The number of hydrogen-bond donors (Lipinski definition) is 1. The number of halogens is 1. The van der Waals surface area contributed by atoms with Crippen LogP contribution in [0.4, 0.5) is 5.69 Å². The number of aliphatic imine (C=N–C) groups is 1. The Balaban J connectivity index is 3.05. The molecule has 1 unspecified atom stereocenters. The third-order valence-electron chi connectivity index (χ3n) is 2.91. The fraction of sp³-hybridized carbons (Fsp3) is 0.500. The lowest BCUT2D eigenvalue weighted by Gasteiger charge is -2.29. The molecule has 8 heteroatoms. The molecule has 0 saturated heterocycles. The van der Waals surface area contributed by atoms with Gasteiger partial charge in [-0.05, 0) is 18.1 Å². The second-order valence-corrected chi connectivity index (χ2v) is 10.6. The average molecular weight is 387 g/mol. The summed E-state index contributed by atoms with van der Waals surface area (Å²) in [6, 6.07) is 9.32. The van der Waals surface area contributed by atoms with Crippen LogP contribution in [0.25, 0.3) is 0 Å². The van der Waals surface area contributed by atoms with E-state index in [4.69, 9.17) is 16.9 Å². The van der Waals surface area contributed by atoms with Crippen molar-refractivity contribution < 1.29 is 4.57 Å². The SMILES string of the molecule is CCNP(=O)(SCC(C)C)N(C=Nc1ccccc1Cl)CCC#N. The Bertz CT molecular complexity index is 633. The third-order valence-corrected chi connectivity index (χ3v) is 8.61. The molecule has 0 spiro atoms. The Hall–Kier alpha value is -0.990. The van der Waals surface area contributed by atoms with Crippen molar-refractivity contribution in [2.24, 2.45) is 10.9 Å². The second-order valence-electron chi connectivity index (χ2n) is 5.49. The summed E-state index contributed by atoms with van der Waals surface area (Å²) in [5.41, 5.74) is 0.609. The molecule has 0 aromatic heterocycles. The minimum Gasteiger partial charge on any atom is -0.292 e. The minimum absolute atomic E-state index is 0.270. The molecule has 0 amide bonds. The quantitative estimate of drug-likeness (QED) is 0.334. The van der Waals surface area contributed by atoms with Crippen molar-refractivity contribution in [2.45, 2.75) is 27.2 Å². The van der Waals surface area contributed by atoms with Crippen molar-refractivity contribution in [3.05, 3.63) is 29.3 Å². The van der Waals surface area contributed by atoms with E-state index in [1.54, 1.807) is 16.8 Å². The molecule has 1 aromatic carbocycles. The molecular weight excluding hydrogens is 363 g/mol. The van der Waals surface area contributed by atoms with Gasteiger partial charge < -0.3 is 0 Å². The Labute approximate surface area is 153 Å². The number of nitriles is 1. The van der Waals surface area contributed by atoms with Crippen LogP contribution < -0.4 is 5.09 Å². The highest BCUT2D eigenvalue weighted by atomic mass is 35.5. The Morgan fingerprint density at radius 1 is 1.50 bits per heavy atom. The third kappa shape index (κ3) is 6.86. The van der Waals surface area contributed by atoms with Crippen LogP contribution in [-0.2, 0) is 4.57 Å². The number of benzene rings is 1. The molecule has 0 aliphatic carbocycles. The minimum atomic E-state index is -2.91. The number of hydrogen-bond acceptors (Lipinski definition) is 4. The van der Waals surface area contributed by atoms with Gasteiger partial charge in [0.15, 0.2) is 0 Å². The van der Waals surface area contributed by atoms with Crippen molar-refractivity contribution in [3.63, 3.8) is 0 Å². The van der Waals surface area contributed by atoms with Gasteiger partial charge >= 0.3 is 0 Å². The molecule has 1 atom stereocenters. The van der Waals surface area contributed by atoms with E-state index in [2.05, 4.69) is 30.0 Å². The van der Waals surface area contributed by atoms with Crippen LogP contribution >= 0.6 is 29.6 Å². The maximum absolute atomic E-state index is 13.4. The fourth-order valence-electron chi connectivity index (χ4n) is 1.77. The molecule has 1 N–H and O–H groups in total. The fourth-order valence-corrected chi connectivity index (χ4v) is 6.80. The van der Waals surface area contributed by atoms with Gasteiger partial charge in [-0.2, -0.15) is 5.26 Å². The second kappa shape index (κ2) is 10.8. The highest BCUT2D eigenvalue weighted by Gasteiger charge is 2.29. The summed E-state index contributed by atoms with van der Waals surface area (Å²) in [5.74, 6) is 1.17. The molecule has 0 bridgehead atoms. The van der Waals surface area contributed by atoms with Gasteiger partial charge in [0.2, 0.25) is 0 Å². The van der Waals surface area contributed by atoms with Gasteiger partial charge in [-0.15, -0.1) is 0 Å². The summed E-state index contributed by atoms with van der Waals surface area (Å²) in [5, 5.41) is 12.5. The van der Waals surface area contributed by atoms with Crippen LogP contribution in [0.1, 0.15) is 27.2 Å². The zero-order chi connectivity index (χ0) is 18.0. The van der Waals surface area contributed by atoms with Crippen LogP contribution in [0.3, 0.4) is 0 Å². The van der Waals surface area contributed by atoms with Gasteiger partial charge in [-0.3, -0.25) is 9.24 Å². The largest absolute Gasteiger partial charge is 0.293 e. The monoisotopic (exact) mass is 386 g/mol. The summed E-state index contributed by atoms with van der Waals surface area (Å²) in [4.78, 5) is 4.37. The van der Waals surface area contributed by atoms with E-state index in [0.717, 1.165) is 5.75 Å². The van der Waals surface area contributed by atoms with E-state index < -0.39 is 6.65 Å². The summed E-state index contributed by atoms with van der Waals surface area (Å²) in [7, 11) is 0. The van der Waals surface area contributed by atoms with Crippen molar-refractivity contribution in [1.29, 1.82) is 5.26 Å². The first-order chi connectivity index (χ1) is 11.4. The van der Waals surface area contributed by atoms with Gasteiger partial charge in [0.25, 0.3) is 6.65 Å². The smallest absolute Gasteiger partial charge is 0.292 e. The van der Waals surface area contributed by atoms with Crippen LogP contribution in [0.2, 0.25) is 5.02 Å². The maximum Gasteiger partial charge on any atom is 0.293 e. The molecule has 132 valence electrons. The lowest BCUT2D eigenvalue weighted by Crippen LogP contribution is -2.26. The topological polar surface area (TPSA) is 68.5 Å². The summed E-state index contributed by atoms with van der Waals surface area (Å²) in [6.45, 7) is 4.09. The zero-order valence-electron chi connectivity index (χ0n) is 14.3. The molecule has 24 heavy (non-hydrogen) atoms. The average Bonchev–Trinajstić information content (AvgIpc) is 2.54. The van der Waals surface area contributed by atoms with Crippen LogP contribution in [0.5, 0.6) is 0 Å². The van der Waals surface area contributed by atoms with Crippen LogP contribution in [0.15, 0.2) is 29.3 Å². The summed E-state index contributed by atoms with van der Waals surface area (Å²) in [6.07, 6.45) is 1.81. The summed E-state index contributed by atoms with van der Waals surface area (Å²) < 4.78 is 15.0. The predicted molar refractivity (Wildman–Crippen MR) is 105 cm³/mol. The molecule has 0 aliphatic rings. The molecule has 0 heterocycles. The van der Waals surface area contributed by atoms with Crippen LogP contribution in [-0.4, -0.2) is 29.9 Å². The van der Waals surface area contributed by atoms with E-state index in [1.165, 1.54) is 17.7 Å². The van der Waals surface area contributed by atoms with Gasteiger partial charge in [0, 0.05) is 18.8 Å². The normalized spacial score (nSPS) is 13.8. The molecule has 0 fully saturated rings. The van der Waals surface area contributed by atoms with E-state index >= 15 is 0 Å². The van der Waals surface area contributed by atoms with Gasteiger partial charge in [0.05, 0.1) is 29.5 Å². The Morgan fingerprint density at radius 2 is 2.21 bits per heavy atom. The standard InChI is InChI=1S/C16H24ClN4OPS/c1-4-20-23(22,24-12-14(2)3)21(11-7-10-18)13-19-16-9-6-5-8-15(16)17/h5-6,8-9,13-14H,4,7,11-12H2,1-3H3,(H,20,22). The maximum atomic E-state index is 13.4. The lowest BCUT2D eigenvalue weighted by atomic mass is 10.3. The molecule has 0 saturated carbocycles. The predicted octanol–water partition coefficient (Wildman–Crippen LogP) is 5.32. The molecule has 0 aliphatic heterocycles. The number of nitrogens with one attached hydrogen (secondary N) is 1. The first-order valence-electron chi connectivity index (χ1n) is 7.85. The molecular formula is C16H24ClN4OPS. The Morgan fingerprint density at radius 3 is 2.79 bits per heavy atom. The highest BCUT2D eigenvalue weighted by molar-refractivity contribution is 8.56. The molecule has 5 nitrogen and oxygen atoms in total. The van der Waals surface area contributed by atoms with Gasteiger partial charge in [0.1, 0.15) is 0 Å². The summed E-state index contributed by atoms with van der Waals surface area (Å²) >= 11 is 7.51. The van der Waals surface area contributed by atoms with Gasteiger partial charge in [-0.1, -0.05) is 55.9 Å². The van der Waals surface area contributed by atoms with E-state index in [9.17, 15) is 4.57 Å². The van der Waals surface area contributed by atoms with Crippen molar-refractivity contribution in [3.8, 4) is 6.07 Å². The van der Waals surface area contributed by atoms with Crippen molar-refractivity contribution in [1.82, 2.24) is 9.76 Å². The number of nitrogens with zero attached hydrogens (tertiary/aromatic N) is 3. The Kier molecular flexibility index (Phi) is 9.46. The first kappa shape index (κ1) is 21.1. The molecule has 0 radical (unpaired) electrons.